The summed E-state index contributed by atoms with van der Waals surface area (Å²) >= 11 is 0. The smallest absolute Gasteiger partial charge is 0.294 e. The van der Waals surface area contributed by atoms with Gasteiger partial charge in [0.25, 0.3) is 11.8 Å². The van der Waals surface area contributed by atoms with Crippen molar-refractivity contribution in [2.75, 3.05) is 11.4 Å². The average molecular weight is 518 g/mol. The second kappa shape index (κ2) is 10.7. The summed E-state index contributed by atoms with van der Waals surface area (Å²) in [6.07, 6.45) is 4.18. The SMILES string of the molecule is Cc1c(C(=O)N2CCCc3ccccc32)oc2c1/C(=N/NC(=O)C(c1ccccc1)c1ccccc1)CCC2. The third-order valence-electron chi connectivity index (χ3n) is 7.70. The molecule has 1 N–H and O–H groups in total. The average Bonchev–Trinajstić information content (AvgIpc) is 3.33. The Balaban J connectivity index is 1.29. The molecule has 2 aliphatic rings. The van der Waals surface area contributed by atoms with Gasteiger partial charge in [-0.1, -0.05) is 78.9 Å². The van der Waals surface area contributed by atoms with Gasteiger partial charge in [-0.15, -0.1) is 0 Å². The first-order valence-electron chi connectivity index (χ1n) is 13.6. The zero-order valence-corrected chi connectivity index (χ0v) is 22.0. The van der Waals surface area contributed by atoms with E-state index in [1.165, 1.54) is 5.56 Å². The van der Waals surface area contributed by atoms with Crippen LogP contribution in [0.15, 0.2) is 94.4 Å². The van der Waals surface area contributed by atoms with E-state index < -0.39 is 5.92 Å². The van der Waals surface area contributed by atoms with Crippen LogP contribution in [0.25, 0.3) is 0 Å². The van der Waals surface area contributed by atoms with Gasteiger partial charge in [-0.2, -0.15) is 5.10 Å². The number of carbonyl (C=O) groups excluding carboxylic acids is 2. The monoisotopic (exact) mass is 517 g/mol. The number of carbonyl (C=O) groups is 2. The molecule has 0 fully saturated rings. The zero-order valence-electron chi connectivity index (χ0n) is 22.0. The lowest BCUT2D eigenvalue weighted by Gasteiger charge is -2.28. The number of hydrazone groups is 1. The van der Waals surface area contributed by atoms with Crippen LogP contribution in [0.1, 0.15) is 69.3 Å². The number of hydrogen-bond acceptors (Lipinski definition) is 4. The maximum atomic E-state index is 13.7. The van der Waals surface area contributed by atoms with E-state index in [4.69, 9.17) is 4.42 Å². The maximum Gasteiger partial charge on any atom is 0.294 e. The molecule has 0 saturated heterocycles. The summed E-state index contributed by atoms with van der Waals surface area (Å²) in [6, 6.07) is 27.5. The molecule has 6 heteroatoms. The number of nitrogens with one attached hydrogen (secondary N) is 1. The van der Waals surface area contributed by atoms with Gasteiger partial charge in [0.2, 0.25) is 0 Å². The lowest BCUT2D eigenvalue weighted by molar-refractivity contribution is -0.121. The molecule has 1 aromatic heterocycles. The van der Waals surface area contributed by atoms with Crippen LogP contribution in [-0.2, 0) is 17.6 Å². The maximum absolute atomic E-state index is 13.7. The Morgan fingerprint density at radius 2 is 1.51 bits per heavy atom. The number of benzene rings is 3. The van der Waals surface area contributed by atoms with E-state index in [2.05, 4.69) is 16.6 Å². The predicted molar refractivity (Wildman–Crippen MR) is 152 cm³/mol. The number of hydrogen-bond donors (Lipinski definition) is 1. The zero-order chi connectivity index (χ0) is 26.8. The van der Waals surface area contributed by atoms with Crippen LogP contribution in [0.4, 0.5) is 5.69 Å². The van der Waals surface area contributed by atoms with Crippen LogP contribution < -0.4 is 10.3 Å². The summed E-state index contributed by atoms with van der Waals surface area (Å²) in [4.78, 5) is 29.0. The normalized spacial score (nSPS) is 15.6. The summed E-state index contributed by atoms with van der Waals surface area (Å²) in [5.74, 6) is 0.328. The summed E-state index contributed by atoms with van der Waals surface area (Å²) in [5, 5.41) is 4.61. The van der Waals surface area contributed by atoms with E-state index in [1.54, 1.807) is 0 Å². The van der Waals surface area contributed by atoms with Crippen molar-refractivity contribution in [2.24, 2.45) is 5.10 Å². The first-order valence-corrected chi connectivity index (χ1v) is 13.6. The largest absolute Gasteiger partial charge is 0.455 e. The van der Waals surface area contributed by atoms with Gasteiger partial charge < -0.3 is 9.32 Å². The van der Waals surface area contributed by atoms with Gasteiger partial charge in [0.15, 0.2) is 5.76 Å². The minimum absolute atomic E-state index is 0.120. The van der Waals surface area contributed by atoms with E-state index in [0.29, 0.717) is 18.7 Å². The van der Waals surface area contributed by atoms with Crippen molar-refractivity contribution >= 4 is 23.2 Å². The van der Waals surface area contributed by atoms with Gasteiger partial charge in [-0.3, -0.25) is 9.59 Å². The van der Waals surface area contributed by atoms with E-state index in [0.717, 1.165) is 65.1 Å². The number of rotatable bonds is 5. The Labute approximate surface area is 228 Å². The molecule has 2 amide bonds. The van der Waals surface area contributed by atoms with Crippen LogP contribution >= 0.6 is 0 Å². The number of furan rings is 1. The minimum atomic E-state index is -0.485. The van der Waals surface area contributed by atoms with E-state index >= 15 is 0 Å². The number of anilines is 1. The molecular formula is C33H31N3O3. The Morgan fingerprint density at radius 3 is 2.23 bits per heavy atom. The topological polar surface area (TPSA) is 74.9 Å². The third kappa shape index (κ3) is 4.78. The minimum Gasteiger partial charge on any atom is -0.455 e. The van der Waals surface area contributed by atoms with Crippen LogP contribution in [0.5, 0.6) is 0 Å². The molecule has 1 aliphatic heterocycles. The van der Waals surface area contributed by atoms with Gasteiger partial charge in [-0.05, 0) is 55.4 Å². The standard InChI is InChI=1S/C33H31N3O3/c1-22-29-26(34-35-32(37)30(24-13-4-2-5-14-24)25-15-6-3-7-16-25)18-10-20-28(29)39-31(22)33(38)36-21-11-17-23-12-8-9-19-27(23)36/h2-9,12-16,19,30H,10-11,17-18,20-21H2,1H3,(H,35,37)/b34-26+. The molecule has 196 valence electrons. The summed E-state index contributed by atoms with van der Waals surface area (Å²) in [7, 11) is 0. The molecular weight excluding hydrogens is 486 g/mol. The number of fused-ring (bicyclic) bond motifs is 2. The molecule has 0 radical (unpaired) electrons. The van der Waals surface area contributed by atoms with Crippen LogP contribution in [0.3, 0.4) is 0 Å². The van der Waals surface area contributed by atoms with Gasteiger partial charge in [0.1, 0.15) is 5.76 Å². The Bertz CT molecular complexity index is 1500. The number of aryl methyl sites for hydroxylation is 2. The van der Waals surface area contributed by atoms with E-state index in [9.17, 15) is 9.59 Å². The molecule has 1 aliphatic carbocycles. The van der Waals surface area contributed by atoms with Crippen molar-refractivity contribution in [3.63, 3.8) is 0 Å². The number of nitrogens with zero attached hydrogens (tertiary/aromatic N) is 2. The van der Waals surface area contributed by atoms with Crippen molar-refractivity contribution in [2.45, 2.75) is 44.9 Å². The summed E-state index contributed by atoms with van der Waals surface area (Å²) in [5.41, 5.74) is 9.18. The van der Waals surface area contributed by atoms with Gasteiger partial charge >= 0.3 is 0 Å². The van der Waals surface area contributed by atoms with Gasteiger partial charge in [0.05, 0.1) is 11.6 Å². The molecule has 0 unspecified atom stereocenters. The van der Waals surface area contributed by atoms with Crippen LogP contribution in [0, 0.1) is 6.92 Å². The molecule has 0 atom stereocenters. The van der Waals surface area contributed by atoms with Crippen molar-refractivity contribution in [3.05, 3.63) is 124 Å². The summed E-state index contributed by atoms with van der Waals surface area (Å²) in [6.45, 7) is 2.59. The summed E-state index contributed by atoms with van der Waals surface area (Å²) < 4.78 is 6.21. The molecule has 0 saturated carbocycles. The Hall–Kier alpha value is -4.45. The fourth-order valence-corrected chi connectivity index (χ4v) is 5.82. The molecule has 4 aromatic rings. The van der Waals surface area contributed by atoms with Crippen LogP contribution in [-0.4, -0.2) is 24.1 Å². The molecule has 39 heavy (non-hydrogen) atoms. The highest BCUT2D eigenvalue weighted by molar-refractivity contribution is 6.10. The Kier molecular flexibility index (Phi) is 6.84. The molecule has 0 spiro atoms. The van der Waals surface area contributed by atoms with Crippen molar-refractivity contribution < 1.29 is 14.0 Å². The molecule has 6 rings (SSSR count). The third-order valence-corrected chi connectivity index (χ3v) is 7.70. The lowest BCUT2D eigenvalue weighted by atomic mass is 9.90. The quantitative estimate of drug-likeness (QED) is 0.322. The lowest BCUT2D eigenvalue weighted by Crippen LogP contribution is -2.35. The van der Waals surface area contributed by atoms with E-state index in [1.807, 2.05) is 90.7 Å². The van der Waals surface area contributed by atoms with Gasteiger partial charge in [-0.25, -0.2) is 5.43 Å². The second-order valence-corrected chi connectivity index (χ2v) is 10.2. The second-order valence-electron chi connectivity index (χ2n) is 10.2. The highest BCUT2D eigenvalue weighted by atomic mass is 16.4. The molecule has 6 nitrogen and oxygen atoms in total. The molecule has 3 aromatic carbocycles. The van der Waals surface area contributed by atoms with Crippen molar-refractivity contribution in [1.29, 1.82) is 0 Å². The highest BCUT2D eigenvalue weighted by Gasteiger charge is 2.32. The van der Waals surface area contributed by atoms with Gasteiger partial charge in [0, 0.05) is 29.8 Å². The molecule has 0 bridgehead atoms. The first kappa shape index (κ1) is 24.9. The van der Waals surface area contributed by atoms with Crippen molar-refractivity contribution in [1.82, 2.24) is 5.43 Å². The highest BCUT2D eigenvalue weighted by Crippen LogP contribution is 2.34. The number of para-hydroxylation sites is 1. The Morgan fingerprint density at radius 1 is 0.846 bits per heavy atom. The number of amides is 2. The predicted octanol–water partition coefficient (Wildman–Crippen LogP) is 6.17. The first-order chi connectivity index (χ1) is 19.1. The van der Waals surface area contributed by atoms with E-state index in [-0.39, 0.29) is 11.8 Å². The van der Waals surface area contributed by atoms with Crippen molar-refractivity contribution in [3.8, 4) is 0 Å². The fourth-order valence-electron chi connectivity index (χ4n) is 5.82. The molecule has 2 heterocycles. The fraction of sp³-hybridized carbons (Fsp3) is 0.242. The van der Waals surface area contributed by atoms with Crippen LogP contribution in [0.2, 0.25) is 0 Å².